The van der Waals surface area contributed by atoms with E-state index in [0.29, 0.717) is 26.1 Å². The summed E-state index contributed by atoms with van der Waals surface area (Å²) in [5, 5.41) is 10.7. The molecule has 6 nitrogen and oxygen atoms in total. The standard InChI is InChI=1S/C14H15FN2O4/c1-21-9-10-4-6-16(7-5-10)14(18)11-2-3-12(15)13(8-11)17(19)20/h2-4,8H,5-7,9H2,1H3. The molecule has 0 saturated heterocycles. The number of methoxy groups -OCH3 is 1. The van der Waals surface area contributed by atoms with Gasteiger partial charge in [-0.1, -0.05) is 6.08 Å². The van der Waals surface area contributed by atoms with Crippen molar-refractivity contribution in [2.75, 3.05) is 26.8 Å². The number of amides is 1. The van der Waals surface area contributed by atoms with Crippen LogP contribution in [0.2, 0.25) is 0 Å². The van der Waals surface area contributed by atoms with Gasteiger partial charge in [0.2, 0.25) is 5.82 Å². The molecule has 0 aliphatic carbocycles. The molecule has 0 radical (unpaired) electrons. The maximum atomic E-state index is 13.3. The molecule has 21 heavy (non-hydrogen) atoms. The summed E-state index contributed by atoms with van der Waals surface area (Å²) < 4.78 is 18.3. The van der Waals surface area contributed by atoms with Crippen molar-refractivity contribution in [1.82, 2.24) is 4.90 Å². The zero-order chi connectivity index (χ0) is 15.4. The highest BCUT2D eigenvalue weighted by atomic mass is 19.1. The van der Waals surface area contributed by atoms with Crippen molar-refractivity contribution in [3.05, 3.63) is 51.3 Å². The minimum Gasteiger partial charge on any atom is -0.380 e. The number of halogens is 1. The molecule has 0 bridgehead atoms. The van der Waals surface area contributed by atoms with Gasteiger partial charge < -0.3 is 9.64 Å². The number of ether oxygens (including phenoxy) is 1. The Morgan fingerprint density at radius 1 is 1.52 bits per heavy atom. The summed E-state index contributed by atoms with van der Waals surface area (Å²) in [5.41, 5.74) is 0.548. The summed E-state index contributed by atoms with van der Waals surface area (Å²) in [4.78, 5) is 23.7. The molecule has 0 N–H and O–H groups in total. The zero-order valence-electron chi connectivity index (χ0n) is 11.5. The van der Waals surface area contributed by atoms with E-state index in [-0.39, 0.29) is 11.5 Å². The molecule has 0 atom stereocenters. The molecular weight excluding hydrogens is 279 g/mol. The second-order valence-electron chi connectivity index (χ2n) is 4.72. The highest BCUT2D eigenvalue weighted by molar-refractivity contribution is 5.95. The van der Waals surface area contributed by atoms with Crippen molar-refractivity contribution in [2.45, 2.75) is 6.42 Å². The Morgan fingerprint density at radius 3 is 2.86 bits per heavy atom. The quantitative estimate of drug-likeness (QED) is 0.484. The second kappa shape index (κ2) is 6.45. The molecule has 112 valence electrons. The lowest BCUT2D eigenvalue weighted by Crippen LogP contribution is -2.35. The average Bonchev–Trinajstić information content (AvgIpc) is 2.48. The molecule has 1 heterocycles. The van der Waals surface area contributed by atoms with Crippen LogP contribution in [0.15, 0.2) is 29.8 Å². The normalized spacial score (nSPS) is 14.8. The van der Waals surface area contributed by atoms with E-state index in [1.807, 2.05) is 6.08 Å². The molecule has 0 aromatic heterocycles. The fourth-order valence-electron chi connectivity index (χ4n) is 2.18. The van der Waals surface area contributed by atoms with Gasteiger partial charge in [0.25, 0.3) is 5.91 Å². The molecule has 0 fully saturated rings. The van der Waals surface area contributed by atoms with Crippen LogP contribution in [0.1, 0.15) is 16.8 Å². The van der Waals surface area contributed by atoms with E-state index in [0.717, 1.165) is 17.7 Å². The van der Waals surface area contributed by atoms with Crippen molar-refractivity contribution in [3.8, 4) is 0 Å². The van der Waals surface area contributed by atoms with E-state index in [1.54, 1.807) is 12.0 Å². The SMILES string of the molecule is COCC1=CCN(C(=O)c2ccc(F)c([N+](=O)[O-])c2)CC1. The second-order valence-corrected chi connectivity index (χ2v) is 4.72. The third-order valence-electron chi connectivity index (χ3n) is 3.31. The fourth-order valence-corrected chi connectivity index (χ4v) is 2.18. The molecule has 2 rings (SSSR count). The Morgan fingerprint density at radius 2 is 2.29 bits per heavy atom. The third kappa shape index (κ3) is 3.43. The van der Waals surface area contributed by atoms with Gasteiger partial charge in [-0.15, -0.1) is 0 Å². The zero-order valence-corrected chi connectivity index (χ0v) is 11.5. The van der Waals surface area contributed by atoms with Gasteiger partial charge in [-0.05, 0) is 24.1 Å². The monoisotopic (exact) mass is 294 g/mol. The Bertz CT molecular complexity index is 601. The maximum absolute atomic E-state index is 13.3. The van der Waals surface area contributed by atoms with Crippen LogP contribution in [-0.4, -0.2) is 42.5 Å². The van der Waals surface area contributed by atoms with Crippen LogP contribution in [0.25, 0.3) is 0 Å². The Labute approximate surface area is 121 Å². The predicted molar refractivity (Wildman–Crippen MR) is 73.5 cm³/mol. The maximum Gasteiger partial charge on any atom is 0.305 e. The number of carbonyl (C=O) groups excluding carboxylic acids is 1. The van der Waals surface area contributed by atoms with E-state index >= 15 is 0 Å². The molecule has 0 unspecified atom stereocenters. The Kier molecular flexibility index (Phi) is 4.64. The van der Waals surface area contributed by atoms with Gasteiger partial charge in [0.05, 0.1) is 11.5 Å². The summed E-state index contributed by atoms with van der Waals surface area (Å²) in [6.07, 6.45) is 2.60. The molecule has 0 saturated carbocycles. The topological polar surface area (TPSA) is 72.7 Å². The van der Waals surface area contributed by atoms with Crippen LogP contribution in [0.5, 0.6) is 0 Å². The summed E-state index contributed by atoms with van der Waals surface area (Å²) in [6.45, 7) is 1.46. The first-order chi connectivity index (χ1) is 10.0. The lowest BCUT2D eigenvalue weighted by atomic mass is 10.1. The van der Waals surface area contributed by atoms with E-state index in [1.165, 1.54) is 6.07 Å². The highest BCUT2D eigenvalue weighted by Crippen LogP contribution is 2.21. The lowest BCUT2D eigenvalue weighted by Gasteiger charge is -2.26. The van der Waals surface area contributed by atoms with Crippen LogP contribution in [0.3, 0.4) is 0 Å². The first kappa shape index (κ1) is 15.1. The van der Waals surface area contributed by atoms with Gasteiger partial charge in [-0.3, -0.25) is 14.9 Å². The van der Waals surface area contributed by atoms with E-state index < -0.39 is 16.4 Å². The molecule has 0 spiro atoms. The van der Waals surface area contributed by atoms with Crippen LogP contribution in [0, 0.1) is 15.9 Å². The number of hydrogen-bond donors (Lipinski definition) is 0. The number of nitrogens with zero attached hydrogens (tertiary/aromatic N) is 2. The predicted octanol–water partition coefficient (Wildman–Crippen LogP) is 2.15. The smallest absolute Gasteiger partial charge is 0.305 e. The number of benzene rings is 1. The summed E-state index contributed by atoms with van der Waals surface area (Å²) >= 11 is 0. The Hall–Kier alpha value is -2.28. The lowest BCUT2D eigenvalue weighted by molar-refractivity contribution is -0.387. The molecular formula is C14H15FN2O4. The number of rotatable bonds is 4. The van der Waals surface area contributed by atoms with Gasteiger partial charge in [0.15, 0.2) is 0 Å². The Balaban J connectivity index is 2.14. The largest absolute Gasteiger partial charge is 0.380 e. The molecule has 1 aromatic rings. The average molecular weight is 294 g/mol. The summed E-state index contributed by atoms with van der Waals surface area (Å²) in [5.74, 6) is -1.29. The number of nitro groups is 1. The van der Waals surface area contributed by atoms with Gasteiger partial charge in [-0.2, -0.15) is 4.39 Å². The molecule has 1 amide bonds. The first-order valence-electron chi connectivity index (χ1n) is 6.43. The molecule has 1 aromatic carbocycles. The third-order valence-corrected chi connectivity index (χ3v) is 3.31. The van der Waals surface area contributed by atoms with Crippen molar-refractivity contribution in [1.29, 1.82) is 0 Å². The number of nitro benzene ring substituents is 1. The van der Waals surface area contributed by atoms with Crippen LogP contribution >= 0.6 is 0 Å². The van der Waals surface area contributed by atoms with Crippen molar-refractivity contribution >= 4 is 11.6 Å². The van der Waals surface area contributed by atoms with Crippen LogP contribution < -0.4 is 0 Å². The van der Waals surface area contributed by atoms with Crippen molar-refractivity contribution in [2.24, 2.45) is 0 Å². The first-order valence-corrected chi connectivity index (χ1v) is 6.43. The van der Waals surface area contributed by atoms with Gasteiger partial charge in [0, 0.05) is 31.8 Å². The molecule has 1 aliphatic heterocycles. The molecule has 7 heteroatoms. The van der Waals surface area contributed by atoms with Gasteiger partial charge >= 0.3 is 5.69 Å². The van der Waals surface area contributed by atoms with Crippen molar-refractivity contribution < 1.29 is 18.8 Å². The number of carbonyl (C=O) groups is 1. The van der Waals surface area contributed by atoms with Gasteiger partial charge in [0.1, 0.15) is 0 Å². The van der Waals surface area contributed by atoms with Crippen LogP contribution in [-0.2, 0) is 4.74 Å². The van der Waals surface area contributed by atoms with E-state index in [2.05, 4.69) is 0 Å². The summed E-state index contributed by atoms with van der Waals surface area (Å²) in [6, 6.07) is 3.19. The summed E-state index contributed by atoms with van der Waals surface area (Å²) in [7, 11) is 1.61. The van der Waals surface area contributed by atoms with Crippen molar-refractivity contribution in [3.63, 3.8) is 0 Å². The number of hydrogen-bond acceptors (Lipinski definition) is 4. The van der Waals surface area contributed by atoms with E-state index in [4.69, 9.17) is 4.74 Å². The minimum atomic E-state index is -0.947. The van der Waals surface area contributed by atoms with Crippen LogP contribution in [0.4, 0.5) is 10.1 Å². The fraction of sp³-hybridized carbons (Fsp3) is 0.357. The highest BCUT2D eigenvalue weighted by Gasteiger charge is 2.22. The minimum absolute atomic E-state index is 0.117. The van der Waals surface area contributed by atoms with Gasteiger partial charge in [-0.25, -0.2) is 0 Å². The van der Waals surface area contributed by atoms with E-state index in [9.17, 15) is 19.3 Å². The molecule has 1 aliphatic rings.